The third-order valence-corrected chi connectivity index (χ3v) is 4.33. The molecule has 3 aromatic carbocycles. The summed E-state index contributed by atoms with van der Waals surface area (Å²) in [4.78, 5) is 4.77. The molecule has 4 heteroatoms. The normalized spacial score (nSPS) is 11.1. The van der Waals surface area contributed by atoms with Crippen LogP contribution in [0.25, 0.3) is 16.8 Å². The van der Waals surface area contributed by atoms with Gasteiger partial charge in [-0.3, -0.25) is 0 Å². The molecule has 0 unspecified atom stereocenters. The van der Waals surface area contributed by atoms with Gasteiger partial charge in [-0.1, -0.05) is 48.5 Å². The van der Waals surface area contributed by atoms with Gasteiger partial charge in [0.25, 0.3) is 0 Å². The van der Waals surface area contributed by atoms with E-state index in [0.29, 0.717) is 0 Å². The van der Waals surface area contributed by atoms with E-state index in [1.54, 1.807) is 18.3 Å². The summed E-state index contributed by atoms with van der Waals surface area (Å²) in [6.45, 7) is 2.00. The fourth-order valence-electron chi connectivity index (χ4n) is 3.02. The second kappa shape index (κ2) is 7.30. The molecule has 0 spiro atoms. The van der Waals surface area contributed by atoms with Gasteiger partial charge in [0.1, 0.15) is 5.75 Å². The molecular formula is C23H19N3O. The highest BCUT2D eigenvalue weighted by molar-refractivity contribution is 5.86. The van der Waals surface area contributed by atoms with Crippen molar-refractivity contribution in [2.75, 3.05) is 0 Å². The van der Waals surface area contributed by atoms with Crippen LogP contribution in [0.15, 0.2) is 89.9 Å². The number of aryl methyl sites for hydroxylation is 1. The van der Waals surface area contributed by atoms with E-state index in [-0.39, 0.29) is 5.75 Å². The van der Waals surface area contributed by atoms with Crippen LogP contribution in [0.5, 0.6) is 5.75 Å². The first-order valence-corrected chi connectivity index (χ1v) is 8.76. The highest BCUT2D eigenvalue weighted by atomic mass is 16.3. The van der Waals surface area contributed by atoms with E-state index in [1.807, 2.05) is 72.3 Å². The number of hydrogen-bond donors (Lipinski definition) is 1. The number of aromatic hydroxyl groups is 1. The van der Waals surface area contributed by atoms with Gasteiger partial charge in [0, 0.05) is 11.8 Å². The summed E-state index contributed by atoms with van der Waals surface area (Å²) in [6.07, 6.45) is 1.79. The Morgan fingerprint density at radius 2 is 1.48 bits per heavy atom. The van der Waals surface area contributed by atoms with E-state index < -0.39 is 0 Å². The molecule has 0 aliphatic rings. The molecule has 0 bridgehead atoms. The molecule has 0 amide bonds. The number of phenols is 1. The maximum atomic E-state index is 9.47. The van der Waals surface area contributed by atoms with Crippen molar-refractivity contribution in [1.29, 1.82) is 0 Å². The van der Waals surface area contributed by atoms with Gasteiger partial charge >= 0.3 is 0 Å². The number of nitrogens with zero attached hydrogens (tertiary/aromatic N) is 3. The molecule has 1 heterocycles. The van der Waals surface area contributed by atoms with Crippen LogP contribution >= 0.6 is 0 Å². The number of aliphatic imine (C=N–C) groups is 1. The van der Waals surface area contributed by atoms with Gasteiger partial charge < -0.3 is 5.11 Å². The van der Waals surface area contributed by atoms with Crippen molar-refractivity contribution in [3.05, 3.63) is 96.2 Å². The predicted molar refractivity (Wildman–Crippen MR) is 109 cm³/mol. The number of rotatable bonds is 4. The second-order valence-electron chi connectivity index (χ2n) is 6.25. The SMILES string of the molecule is Cc1nn(-c2ccccc2)c(N=Cc2ccc(O)cc2)c1-c1ccccc1. The van der Waals surface area contributed by atoms with Crippen molar-refractivity contribution >= 4 is 12.0 Å². The molecule has 1 aromatic heterocycles. The number of benzene rings is 3. The molecule has 132 valence electrons. The van der Waals surface area contributed by atoms with Gasteiger partial charge in [0.15, 0.2) is 5.82 Å². The van der Waals surface area contributed by atoms with Gasteiger partial charge in [0.05, 0.1) is 11.4 Å². The lowest BCUT2D eigenvalue weighted by molar-refractivity contribution is 0.475. The summed E-state index contributed by atoms with van der Waals surface area (Å²) < 4.78 is 1.87. The Morgan fingerprint density at radius 1 is 0.852 bits per heavy atom. The molecule has 0 aliphatic heterocycles. The van der Waals surface area contributed by atoms with Crippen molar-refractivity contribution in [3.8, 4) is 22.6 Å². The standard InChI is InChI=1S/C23H19N3O/c1-17-22(19-8-4-2-5-9-19)23(24-16-18-12-14-21(27)15-13-18)26(25-17)20-10-6-3-7-11-20/h2-16,27H,1H3. The first-order valence-electron chi connectivity index (χ1n) is 8.76. The number of para-hydroxylation sites is 1. The third-order valence-electron chi connectivity index (χ3n) is 4.33. The summed E-state index contributed by atoms with van der Waals surface area (Å²) in [6, 6.07) is 27.1. The Labute approximate surface area is 158 Å². The van der Waals surface area contributed by atoms with Crippen LogP contribution in [-0.2, 0) is 0 Å². The van der Waals surface area contributed by atoms with Gasteiger partial charge in [-0.25, -0.2) is 9.67 Å². The summed E-state index contributed by atoms with van der Waals surface area (Å²) in [7, 11) is 0. The van der Waals surface area contributed by atoms with E-state index in [0.717, 1.165) is 33.9 Å². The summed E-state index contributed by atoms with van der Waals surface area (Å²) in [5.74, 6) is 1.01. The topological polar surface area (TPSA) is 50.4 Å². The van der Waals surface area contributed by atoms with E-state index in [4.69, 9.17) is 10.1 Å². The lowest BCUT2D eigenvalue weighted by atomic mass is 10.1. The van der Waals surface area contributed by atoms with Crippen molar-refractivity contribution in [2.45, 2.75) is 6.92 Å². The molecule has 0 saturated carbocycles. The molecule has 4 nitrogen and oxygen atoms in total. The van der Waals surface area contributed by atoms with E-state index >= 15 is 0 Å². The van der Waals surface area contributed by atoms with Crippen LogP contribution in [0.4, 0.5) is 5.82 Å². The third kappa shape index (κ3) is 3.51. The molecule has 0 atom stereocenters. The first-order chi connectivity index (χ1) is 13.2. The van der Waals surface area contributed by atoms with Gasteiger partial charge in [0.2, 0.25) is 0 Å². The van der Waals surface area contributed by atoms with Crippen LogP contribution in [0, 0.1) is 6.92 Å². The van der Waals surface area contributed by atoms with Crippen molar-refractivity contribution in [3.63, 3.8) is 0 Å². The molecule has 0 radical (unpaired) electrons. The number of aromatic nitrogens is 2. The largest absolute Gasteiger partial charge is 0.508 e. The van der Waals surface area contributed by atoms with Crippen molar-refractivity contribution in [1.82, 2.24) is 9.78 Å². The maximum Gasteiger partial charge on any atom is 0.163 e. The molecule has 27 heavy (non-hydrogen) atoms. The van der Waals surface area contributed by atoms with Crippen LogP contribution in [0.2, 0.25) is 0 Å². The van der Waals surface area contributed by atoms with E-state index in [1.165, 1.54) is 0 Å². The summed E-state index contributed by atoms with van der Waals surface area (Å²) in [5, 5.41) is 14.2. The van der Waals surface area contributed by atoms with Gasteiger partial charge in [-0.05, 0) is 54.4 Å². The van der Waals surface area contributed by atoms with Crippen LogP contribution in [0.1, 0.15) is 11.3 Å². The van der Waals surface area contributed by atoms with Crippen molar-refractivity contribution < 1.29 is 5.11 Å². The lowest BCUT2D eigenvalue weighted by Crippen LogP contribution is -1.96. The Hall–Kier alpha value is -3.66. The predicted octanol–water partition coefficient (Wildman–Crippen LogP) is 5.30. The smallest absolute Gasteiger partial charge is 0.163 e. The van der Waals surface area contributed by atoms with Crippen LogP contribution in [-0.4, -0.2) is 21.1 Å². The van der Waals surface area contributed by atoms with Crippen LogP contribution < -0.4 is 0 Å². The Morgan fingerprint density at radius 3 is 2.15 bits per heavy atom. The number of phenolic OH excluding ortho intramolecular Hbond substituents is 1. The van der Waals surface area contributed by atoms with Gasteiger partial charge in [-0.2, -0.15) is 5.10 Å². The highest BCUT2D eigenvalue weighted by Crippen LogP contribution is 2.35. The fourth-order valence-corrected chi connectivity index (χ4v) is 3.02. The minimum absolute atomic E-state index is 0.238. The zero-order chi connectivity index (χ0) is 18.6. The molecule has 4 aromatic rings. The molecule has 0 fully saturated rings. The second-order valence-corrected chi connectivity index (χ2v) is 6.25. The van der Waals surface area contributed by atoms with E-state index in [2.05, 4.69) is 12.1 Å². The summed E-state index contributed by atoms with van der Waals surface area (Å²) in [5.41, 5.74) is 4.87. The molecule has 0 aliphatic carbocycles. The van der Waals surface area contributed by atoms with E-state index in [9.17, 15) is 5.11 Å². The van der Waals surface area contributed by atoms with Crippen molar-refractivity contribution in [2.24, 2.45) is 4.99 Å². The maximum absolute atomic E-state index is 9.47. The monoisotopic (exact) mass is 353 g/mol. The first kappa shape index (κ1) is 16.8. The minimum Gasteiger partial charge on any atom is -0.508 e. The van der Waals surface area contributed by atoms with Gasteiger partial charge in [-0.15, -0.1) is 0 Å². The molecule has 1 N–H and O–H groups in total. The summed E-state index contributed by atoms with van der Waals surface area (Å²) >= 11 is 0. The molecule has 4 rings (SSSR count). The molecule has 0 saturated heterocycles. The lowest BCUT2D eigenvalue weighted by Gasteiger charge is -2.06. The number of hydrogen-bond acceptors (Lipinski definition) is 3. The minimum atomic E-state index is 0.238. The Bertz CT molecular complexity index is 1070. The Kier molecular flexibility index (Phi) is 4.54. The molecular weight excluding hydrogens is 334 g/mol. The van der Waals surface area contributed by atoms with Crippen LogP contribution in [0.3, 0.4) is 0 Å². The quantitative estimate of drug-likeness (QED) is 0.506. The zero-order valence-electron chi connectivity index (χ0n) is 14.9. The average molecular weight is 353 g/mol. The fraction of sp³-hybridized carbons (Fsp3) is 0.0435. The Balaban J connectivity index is 1.87. The zero-order valence-corrected chi connectivity index (χ0v) is 14.9. The highest BCUT2D eigenvalue weighted by Gasteiger charge is 2.17. The average Bonchev–Trinajstić information content (AvgIpc) is 3.05.